The number of hydrogen-bond donors (Lipinski definition) is 1. The molecule has 67 valence electrons. The van der Waals surface area contributed by atoms with E-state index in [-0.39, 0.29) is 6.17 Å². The number of nitrogens with one attached hydrogen (secondary N) is 1. The summed E-state index contributed by atoms with van der Waals surface area (Å²) in [5.41, 5.74) is 2.77. The van der Waals surface area contributed by atoms with Crippen molar-refractivity contribution in [3.8, 4) is 0 Å². The van der Waals surface area contributed by atoms with E-state index >= 15 is 0 Å². The molecule has 0 atom stereocenters. The third kappa shape index (κ3) is 1.22. The van der Waals surface area contributed by atoms with Crippen LogP contribution >= 0.6 is 0 Å². The average molecular weight is 176 g/mol. The van der Waals surface area contributed by atoms with E-state index in [1.165, 1.54) is 6.92 Å². The van der Waals surface area contributed by atoms with Crippen LogP contribution < -0.4 is 0 Å². The lowest BCUT2D eigenvalue weighted by Gasteiger charge is -2.00. The predicted molar refractivity (Wildman–Crippen MR) is 52.2 cm³/mol. The van der Waals surface area contributed by atoms with E-state index in [2.05, 4.69) is 4.98 Å². The van der Waals surface area contributed by atoms with Crippen molar-refractivity contribution in [3.05, 3.63) is 41.7 Å². The van der Waals surface area contributed by atoms with E-state index in [4.69, 9.17) is 0 Å². The summed E-state index contributed by atoms with van der Waals surface area (Å²) in [5.74, 6) is 0. The lowest BCUT2D eigenvalue weighted by Crippen LogP contribution is -1.84. The van der Waals surface area contributed by atoms with Gasteiger partial charge in [0.15, 0.2) is 6.17 Å². The third-order valence-electron chi connectivity index (χ3n) is 2.29. The highest BCUT2D eigenvalue weighted by molar-refractivity contribution is 5.87. The Morgan fingerprint density at radius 3 is 2.85 bits per heavy atom. The van der Waals surface area contributed by atoms with Crippen LogP contribution in [0.25, 0.3) is 10.9 Å². The fraction of sp³-hybridized carbons (Fsp3) is 0.182. The highest BCUT2D eigenvalue weighted by atomic mass is 19.1. The van der Waals surface area contributed by atoms with Crippen molar-refractivity contribution in [1.82, 2.24) is 4.98 Å². The number of aryl methyl sites for hydroxylation is 1. The van der Waals surface area contributed by atoms with Crippen molar-refractivity contribution in [2.75, 3.05) is 0 Å². The van der Waals surface area contributed by atoms with E-state index < -0.39 is 0 Å². The molecule has 0 saturated carbocycles. The topological polar surface area (TPSA) is 15.8 Å². The fourth-order valence-electron chi connectivity index (χ4n) is 1.64. The first-order chi connectivity index (χ1) is 6.20. The zero-order valence-electron chi connectivity index (χ0n) is 7.69. The van der Waals surface area contributed by atoms with Gasteiger partial charge in [0.05, 0.1) is 0 Å². The molecule has 1 radical (unpaired) electrons. The number of rotatable bonds is 1. The van der Waals surface area contributed by atoms with Crippen molar-refractivity contribution in [2.24, 2.45) is 0 Å². The van der Waals surface area contributed by atoms with Crippen LogP contribution in [-0.2, 0) is 0 Å². The molecule has 0 saturated heterocycles. The normalized spacial score (nSPS) is 11.4. The molecule has 1 aromatic carbocycles. The molecular formula is C11H11FN. The molecule has 0 fully saturated rings. The minimum absolute atomic E-state index is 0.138. The molecule has 13 heavy (non-hydrogen) atoms. The molecule has 2 heteroatoms. The smallest absolute Gasteiger partial charge is 0.173 e. The summed E-state index contributed by atoms with van der Waals surface area (Å²) >= 11 is 0. The highest BCUT2D eigenvalue weighted by Crippen LogP contribution is 2.27. The monoisotopic (exact) mass is 176 g/mol. The van der Waals surface area contributed by atoms with Crippen LogP contribution in [0.2, 0.25) is 0 Å². The number of halogens is 1. The minimum Gasteiger partial charge on any atom is -0.361 e. The number of aromatic nitrogens is 1. The Morgan fingerprint density at radius 2 is 2.15 bits per heavy atom. The van der Waals surface area contributed by atoms with Gasteiger partial charge in [-0.3, -0.25) is 0 Å². The largest absolute Gasteiger partial charge is 0.361 e. The van der Waals surface area contributed by atoms with Gasteiger partial charge in [0.25, 0.3) is 0 Å². The Bertz CT molecular complexity index is 429. The summed E-state index contributed by atoms with van der Waals surface area (Å²) in [4.78, 5) is 3.05. The molecule has 1 N–H and O–H groups in total. The molecule has 1 nitrogen and oxygen atoms in total. The van der Waals surface area contributed by atoms with E-state index in [0.717, 1.165) is 16.5 Å². The molecule has 2 aromatic rings. The number of hydrogen-bond acceptors (Lipinski definition) is 0. The number of fused-ring (bicyclic) bond motifs is 1. The first-order valence-corrected chi connectivity index (χ1v) is 4.26. The Labute approximate surface area is 76.6 Å². The molecule has 0 bridgehead atoms. The number of aromatic amines is 1. The standard InChI is InChI=1S/C11H11FN/c1-7-4-3-5-10-11(7)9(6-13-10)8(2)12/h3-6,13H,1-2H3. The van der Waals surface area contributed by atoms with Crippen molar-refractivity contribution in [2.45, 2.75) is 13.8 Å². The quantitative estimate of drug-likeness (QED) is 0.685. The second kappa shape index (κ2) is 2.87. The number of H-pyrrole nitrogens is 1. The third-order valence-corrected chi connectivity index (χ3v) is 2.29. The SMILES string of the molecule is C[C](F)c1c[nH]c2cccc(C)c12. The van der Waals surface area contributed by atoms with Crippen LogP contribution in [0.1, 0.15) is 18.1 Å². The molecule has 1 heterocycles. The Morgan fingerprint density at radius 1 is 1.38 bits per heavy atom. The summed E-state index contributed by atoms with van der Waals surface area (Å²) in [6.07, 6.45) is 1.58. The second-order valence-electron chi connectivity index (χ2n) is 3.23. The summed E-state index contributed by atoms with van der Waals surface area (Å²) in [5, 5.41) is 0.988. The first kappa shape index (κ1) is 8.30. The van der Waals surface area contributed by atoms with Gasteiger partial charge in [-0.05, 0) is 25.5 Å². The first-order valence-electron chi connectivity index (χ1n) is 4.26. The Balaban J connectivity index is 2.79. The van der Waals surface area contributed by atoms with Gasteiger partial charge in [-0.15, -0.1) is 0 Å². The van der Waals surface area contributed by atoms with Crippen LogP contribution in [0.15, 0.2) is 24.4 Å². The van der Waals surface area contributed by atoms with E-state index in [1.807, 2.05) is 25.1 Å². The minimum atomic E-state index is -0.138. The molecule has 0 amide bonds. The van der Waals surface area contributed by atoms with Crippen molar-refractivity contribution in [1.29, 1.82) is 0 Å². The molecule has 0 aliphatic heterocycles. The maximum absolute atomic E-state index is 13.1. The van der Waals surface area contributed by atoms with Crippen molar-refractivity contribution < 1.29 is 4.39 Å². The summed E-state index contributed by atoms with van der Waals surface area (Å²) in [7, 11) is 0. The summed E-state index contributed by atoms with van der Waals surface area (Å²) in [6, 6.07) is 5.91. The van der Waals surface area contributed by atoms with Crippen molar-refractivity contribution >= 4 is 10.9 Å². The maximum atomic E-state index is 13.1. The molecule has 0 unspecified atom stereocenters. The molecular weight excluding hydrogens is 165 g/mol. The summed E-state index contributed by atoms with van der Waals surface area (Å²) in [6.45, 7) is 3.47. The zero-order valence-corrected chi connectivity index (χ0v) is 7.69. The van der Waals surface area contributed by atoms with Gasteiger partial charge >= 0.3 is 0 Å². The lowest BCUT2D eigenvalue weighted by molar-refractivity contribution is 0.548. The average Bonchev–Trinajstić information content (AvgIpc) is 2.49. The number of benzene rings is 1. The lowest BCUT2D eigenvalue weighted by atomic mass is 10.1. The molecule has 1 aromatic heterocycles. The van der Waals surface area contributed by atoms with Gasteiger partial charge in [0.1, 0.15) is 0 Å². The molecule has 0 aliphatic carbocycles. The van der Waals surface area contributed by atoms with Crippen LogP contribution in [0.3, 0.4) is 0 Å². The molecule has 2 rings (SSSR count). The van der Waals surface area contributed by atoms with E-state index in [9.17, 15) is 4.39 Å². The van der Waals surface area contributed by atoms with Crippen LogP contribution in [0, 0.1) is 13.1 Å². The second-order valence-corrected chi connectivity index (χ2v) is 3.23. The maximum Gasteiger partial charge on any atom is 0.173 e. The van der Waals surface area contributed by atoms with Gasteiger partial charge < -0.3 is 4.98 Å². The van der Waals surface area contributed by atoms with Crippen molar-refractivity contribution in [3.63, 3.8) is 0 Å². The van der Waals surface area contributed by atoms with Gasteiger partial charge in [0.2, 0.25) is 0 Å². The van der Waals surface area contributed by atoms with E-state index in [1.54, 1.807) is 6.20 Å². The van der Waals surface area contributed by atoms with Gasteiger partial charge in [0, 0.05) is 22.7 Å². The van der Waals surface area contributed by atoms with Crippen LogP contribution in [0.5, 0.6) is 0 Å². The molecule has 0 aliphatic rings. The van der Waals surface area contributed by atoms with E-state index in [0.29, 0.717) is 5.56 Å². The predicted octanol–water partition coefficient (Wildman–Crippen LogP) is 3.35. The van der Waals surface area contributed by atoms with Gasteiger partial charge in [-0.2, -0.15) is 0 Å². The summed E-state index contributed by atoms with van der Waals surface area (Å²) < 4.78 is 13.1. The highest BCUT2D eigenvalue weighted by Gasteiger charge is 2.11. The zero-order chi connectivity index (χ0) is 9.42. The van der Waals surface area contributed by atoms with Gasteiger partial charge in [-0.25, -0.2) is 4.39 Å². The van der Waals surface area contributed by atoms with Crippen LogP contribution in [0.4, 0.5) is 4.39 Å². The van der Waals surface area contributed by atoms with Gasteiger partial charge in [-0.1, -0.05) is 12.1 Å². The Hall–Kier alpha value is -1.31. The van der Waals surface area contributed by atoms with Crippen LogP contribution in [-0.4, -0.2) is 4.98 Å². The fourth-order valence-corrected chi connectivity index (χ4v) is 1.64. The molecule has 0 spiro atoms. The Kier molecular flexibility index (Phi) is 1.83.